The number of hydrogen-bond acceptors (Lipinski definition) is 4. The van der Waals surface area contributed by atoms with Gasteiger partial charge in [0.15, 0.2) is 0 Å². The molecule has 2 rings (SSSR count). The summed E-state index contributed by atoms with van der Waals surface area (Å²) in [6.07, 6.45) is 0. The molecule has 0 atom stereocenters. The van der Waals surface area contributed by atoms with E-state index in [9.17, 15) is 5.26 Å². The zero-order chi connectivity index (χ0) is 14.0. The number of benzene rings is 1. The highest BCUT2D eigenvalue weighted by molar-refractivity contribution is 5.67. The Balaban J connectivity index is 2.44. The molecule has 0 amide bonds. The van der Waals surface area contributed by atoms with Crippen molar-refractivity contribution in [2.75, 3.05) is 19.1 Å². The van der Waals surface area contributed by atoms with Gasteiger partial charge in [-0.1, -0.05) is 0 Å². The van der Waals surface area contributed by atoms with Gasteiger partial charge < -0.3 is 9.64 Å². The average Bonchev–Trinajstić information content (AvgIpc) is 2.72. The summed E-state index contributed by atoms with van der Waals surface area (Å²) in [4.78, 5) is 1.94. The molecule has 0 unspecified atom stereocenters. The zero-order valence-electron chi connectivity index (χ0n) is 11.5. The first-order valence-electron chi connectivity index (χ1n) is 5.90. The minimum Gasteiger partial charge on any atom is -0.497 e. The fraction of sp³-hybridized carbons (Fsp3) is 0.286. The summed E-state index contributed by atoms with van der Waals surface area (Å²) in [5, 5.41) is 13.5. The second-order valence-corrected chi connectivity index (χ2v) is 4.28. The molecule has 1 aromatic heterocycles. The third-order valence-electron chi connectivity index (χ3n) is 3.08. The minimum atomic E-state index is 0.598. The average molecular weight is 256 g/mol. The Bertz CT molecular complexity index is 622. The van der Waals surface area contributed by atoms with Crippen LogP contribution in [0.1, 0.15) is 11.3 Å². The van der Waals surface area contributed by atoms with Crippen molar-refractivity contribution in [3.05, 3.63) is 35.5 Å². The first kappa shape index (κ1) is 13.0. The molecule has 5 nitrogen and oxygen atoms in total. The lowest BCUT2D eigenvalue weighted by atomic mass is 10.2. The third-order valence-corrected chi connectivity index (χ3v) is 3.08. The number of rotatable bonds is 3. The van der Waals surface area contributed by atoms with Gasteiger partial charge in [0.2, 0.25) is 0 Å². The first-order valence-corrected chi connectivity index (χ1v) is 5.90. The maximum absolute atomic E-state index is 9.24. The van der Waals surface area contributed by atoms with E-state index >= 15 is 0 Å². The summed E-state index contributed by atoms with van der Waals surface area (Å²) >= 11 is 0. The van der Waals surface area contributed by atoms with Gasteiger partial charge in [0.1, 0.15) is 23.2 Å². The molecule has 2 aromatic rings. The van der Waals surface area contributed by atoms with E-state index in [1.165, 1.54) is 0 Å². The molecule has 5 heteroatoms. The van der Waals surface area contributed by atoms with Crippen molar-refractivity contribution in [1.29, 1.82) is 5.26 Å². The van der Waals surface area contributed by atoms with E-state index in [1.807, 2.05) is 50.2 Å². The molecule has 98 valence electrons. The minimum absolute atomic E-state index is 0.598. The maximum atomic E-state index is 9.24. The summed E-state index contributed by atoms with van der Waals surface area (Å²) in [5.74, 6) is 1.59. The van der Waals surface area contributed by atoms with Crippen molar-refractivity contribution in [2.45, 2.75) is 6.92 Å². The smallest absolute Gasteiger partial charge is 0.149 e. The second kappa shape index (κ2) is 5.02. The number of aryl methyl sites for hydroxylation is 2. The van der Waals surface area contributed by atoms with Gasteiger partial charge in [0.25, 0.3) is 0 Å². The van der Waals surface area contributed by atoms with Gasteiger partial charge >= 0.3 is 0 Å². The lowest BCUT2D eigenvalue weighted by Crippen LogP contribution is -2.14. The van der Waals surface area contributed by atoms with Crippen molar-refractivity contribution in [3.63, 3.8) is 0 Å². The van der Waals surface area contributed by atoms with Crippen LogP contribution >= 0.6 is 0 Å². The van der Waals surface area contributed by atoms with Gasteiger partial charge in [-0.25, -0.2) is 0 Å². The summed E-state index contributed by atoms with van der Waals surface area (Å²) in [5.41, 5.74) is 2.31. The number of nitrogens with zero attached hydrogens (tertiary/aromatic N) is 4. The monoisotopic (exact) mass is 256 g/mol. The molecule has 1 aromatic carbocycles. The molecule has 0 spiro atoms. The van der Waals surface area contributed by atoms with E-state index in [0.717, 1.165) is 22.9 Å². The van der Waals surface area contributed by atoms with Crippen LogP contribution in [-0.4, -0.2) is 23.9 Å². The van der Waals surface area contributed by atoms with E-state index in [2.05, 4.69) is 11.2 Å². The van der Waals surface area contributed by atoms with Crippen LogP contribution in [0.15, 0.2) is 24.3 Å². The van der Waals surface area contributed by atoms with Crippen LogP contribution < -0.4 is 9.64 Å². The predicted octanol–water partition coefficient (Wildman–Crippen LogP) is 2.38. The summed E-state index contributed by atoms with van der Waals surface area (Å²) in [7, 11) is 5.39. The molecule has 0 aliphatic rings. The number of anilines is 2. The molecule has 19 heavy (non-hydrogen) atoms. The Labute approximate surface area is 112 Å². The predicted molar refractivity (Wildman–Crippen MR) is 73.7 cm³/mol. The topological polar surface area (TPSA) is 54.1 Å². The second-order valence-electron chi connectivity index (χ2n) is 4.28. The highest BCUT2D eigenvalue weighted by atomic mass is 16.5. The number of methoxy groups -OCH3 is 1. The molecular weight excluding hydrogens is 240 g/mol. The Hall–Kier alpha value is -2.48. The number of ether oxygens (including phenoxy) is 1. The molecule has 0 saturated heterocycles. The fourth-order valence-corrected chi connectivity index (χ4v) is 2.09. The van der Waals surface area contributed by atoms with Gasteiger partial charge in [0.05, 0.1) is 12.8 Å². The van der Waals surface area contributed by atoms with Crippen LogP contribution in [0.5, 0.6) is 5.75 Å². The largest absolute Gasteiger partial charge is 0.497 e. The van der Waals surface area contributed by atoms with Crippen molar-refractivity contribution < 1.29 is 4.74 Å². The molecule has 0 aliphatic heterocycles. The number of hydrogen-bond donors (Lipinski definition) is 0. The maximum Gasteiger partial charge on any atom is 0.149 e. The van der Waals surface area contributed by atoms with Crippen molar-refractivity contribution in [3.8, 4) is 11.8 Å². The molecule has 0 N–H and O–H groups in total. The Morgan fingerprint density at radius 3 is 2.47 bits per heavy atom. The number of nitriles is 1. The molecule has 0 saturated carbocycles. The first-order chi connectivity index (χ1) is 9.08. The Morgan fingerprint density at radius 2 is 1.95 bits per heavy atom. The highest BCUT2D eigenvalue weighted by Gasteiger charge is 2.17. The van der Waals surface area contributed by atoms with Crippen molar-refractivity contribution >= 4 is 11.5 Å². The third kappa shape index (κ3) is 2.25. The van der Waals surface area contributed by atoms with Crippen LogP contribution in [0.25, 0.3) is 0 Å². The van der Waals surface area contributed by atoms with E-state index in [0.29, 0.717) is 5.56 Å². The van der Waals surface area contributed by atoms with E-state index in [4.69, 9.17) is 4.74 Å². The van der Waals surface area contributed by atoms with Crippen LogP contribution in [0.3, 0.4) is 0 Å². The molecule has 0 radical (unpaired) electrons. The number of aromatic nitrogens is 2. The van der Waals surface area contributed by atoms with Gasteiger partial charge in [-0.3, -0.25) is 4.68 Å². The standard InChI is InChI=1S/C14H16N4O/c1-10-13(9-15)14(18(3)16-10)17(2)11-5-7-12(19-4)8-6-11/h5-8H,1-4H3. The van der Waals surface area contributed by atoms with Crippen molar-refractivity contribution in [1.82, 2.24) is 9.78 Å². The lowest BCUT2D eigenvalue weighted by molar-refractivity contribution is 0.415. The van der Waals surface area contributed by atoms with E-state index in [1.54, 1.807) is 11.8 Å². The Morgan fingerprint density at radius 1 is 1.32 bits per heavy atom. The fourth-order valence-electron chi connectivity index (χ4n) is 2.09. The van der Waals surface area contributed by atoms with Gasteiger partial charge in [-0.2, -0.15) is 10.4 Å². The molecule has 0 aliphatic carbocycles. The SMILES string of the molecule is COc1ccc(N(C)c2c(C#N)c(C)nn2C)cc1. The van der Waals surface area contributed by atoms with Gasteiger partial charge in [0, 0.05) is 19.8 Å². The highest BCUT2D eigenvalue weighted by Crippen LogP contribution is 2.29. The molecule has 1 heterocycles. The normalized spacial score (nSPS) is 10.1. The van der Waals surface area contributed by atoms with Gasteiger partial charge in [-0.15, -0.1) is 0 Å². The van der Waals surface area contributed by atoms with Crippen LogP contribution in [-0.2, 0) is 7.05 Å². The van der Waals surface area contributed by atoms with E-state index < -0.39 is 0 Å². The summed E-state index contributed by atoms with van der Waals surface area (Å²) in [6, 6.07) is 9.88. The molecule has 0 fully saturated rings. The zero-order valence-corrected chi connectivity index (χ0v) is 11.5. The molecular formula is C14H16N4O. The Kier molecular flexibility index (Phi) is 3.43. The van der Waals surface area contributed by atoms with Gasteiger partial charge in [-0.05, 0) is 31.2 Å². The van der Waals surface area contributed by atoms with Crippen LogP contribution in [0.2, 0.25) is 0 Å². The lowest BCUT2D eigenvalue weighted by Gasteiger charge is -2.20. The van der Waals surface area contributed by atoms with Crippen molar-refractivity contribution in [2.24, 2.45) is 7.05 Å². The molecule has 0 bridgehead atoms. The summed E-state index contributed by atoms with van der Waals surface area (Å²) in [6.45, 7) is 1.84. The van der Waals surface area contributed by atoms with Crippen LogP contribution in [0.4, 0.5) is 11.5 Å². The summed E-state index contributed by atoms with van der Waals surface area (Å²) < 4.78 is 6.86. The van der Waals surface area contributed by atoms with E-state index in [-0.39, 0.29) is 0 Å². The van der Waals surface area contributed by atoms with Crippen LogP contribution in [0, 0.1) is 18.3 Å². The quantitative estimate of drug-likeness (QED) is 0.846.